The van der Waals surface area contributed by atoms with Gasteiger partial charge in [0.15, 0.2) is 0 Å². The van der Waals surface area contributed by atoms with Crippen LogP contribution in [0.2, 0.25) is 0 Å². The monoisotopic (exact) mass is 214 g/mol. The minimum absolute atomic E-state index is 0.522. The maximum Gasteiger partial charge on any atom is 0.332 e. The van der Waals surface area contributed by atoms with Crippen molar-refractivity contribution in [1.29, 1.82) is 0 Å². The first-order chi connectivity index (χ1) is 6.55. The predicted octanol–water partition coefficient (Wildman–Crippen LogP) is 2.71. The molecule has 0 amide bonds. The van der Waals surface area contributed by atoms with Gasteiger partial charge in [-0.3, -0.25) is 4.57 Å². The van der Waals surface area contributed by atoms with Gasteiger partial charge in [0.05, 0.1) is 5.66 Å². The second-order valence-corrected chi connectivity index (χ2v) is 5.11. The fraction of sp³-hybridized carbons (Fsp3) is 0.400. The minimum atomic E-state index is -4.01. The SMILES string of the molecule is CCC[C@H](c1ccccc1)P(=O)(O)O. The van der Waals surface area contributed by atoms with Crippen molar-refractivity contribution in [3.8, 4) is 0 Å². The molecule has 0 aliphatic heterocycles. The first-order valence-electron chi connectivity index (χ1n) is 4.66. The molecule has 0 spiro atoms. The van der Waals surface area contributed by atoms with E-state index in [4.69, 9.17) is 0 Å². The Morgan fingerprint density at radius 2 is 1.86 bits per heavy atom. The van der Waals surface area contributed by atoms with Gasteiger partial charge in [-0.2, -0.15) is 0 Å². The summed E-state index contributed by atoms with van der Waals surface area (Å²) in [4.78, 5) is 18.3. The van der Waals surface area contributed by atoms with Gasteiger partial charge >= 0.3 is 7.60 Å². The van der Waals surface area contributed by atoms with Gasteiger partial charge < -0.3 is 9.79 Å². The van der Waals surface area contributed by atoms with E-state index in [1.807, 2.05) is 13.0 Å². The van der Waals surface area contributed by atoms with E-state index in [-0.39, 0.29) is 0 Å². The summed E-state index contributed by atoms with van der Waals surface area (Å²) in [7, 11) is -4.01. The zero-order valence-electron chi connectivity index (χ0n) is 8.13. The van der Waals surface area contributed by atoms with Gasteiger partial charge in [-0.25, -0.2) is 0 Å². The summed E-state index contributed by atoms with van der Waals surface area (Å²) in [5.41, 5.74) is 0.0800. The largest absolute Gasteiger partial charge is 0.332 e. The summed E-state index contributed by atoms with van der Waals surface area (Å²) in [6.07, 6.45) is 1.29. The van der Waals surface area contributed by atoms with E-state index in [1.54, 1.807) is 24.3 Å². The van der Waals surface area contributed by atoms with Gasteiger partial charge in [0.2, 0.25) is 0 Å². The van der Waals surface area contributed by atoms with Gasteiger partial charge in [0, 0.05) is 0 Å². The molecular weight excluding hydrogens is 199 g/mol. The second kappa shape index (κ2) is 4.74. The Morgan fingerprint density at radius 3 is 2.29 bits per heavy atom. The number of rotatable bonds is 4. The Morgan fingerprint density at radius 1 is 1.29 bits per heavy atom. The number of benzene rings is 1. The molecule has 1 rings (SSSR count). The van der Waals surface area contributed by atoms with E-state index in [2.05, 4.69) is 0 Å². The van der Waals surface area contributed by atoms with Crippen molar-refractivity contribution in [3.63, 3.8) is 0 Å². The van der Waals surface area contributed by atoms with Crippen LogP contribution in [0, 0.1) is 0 Å². The molecule has 1 aromatic carbocycles. The Hall–Kier alpha value is -0.630. The fourth-order valence-corrected chi connectivity index (χ4v) is 2.63. The molecule has 1 atom stereocenters. The van der Waals surface area contributed by atoms with E-state index >= 15 is 0 Å². The maximum absolute atomic E-state index is 11.2. The molecule has 4 heteroatoms. The second-order valence-electron chi connectivity index (χ2n) is 3.30. The van der Waals surface area contributed by atoms with Crippen LogP contribution in [0.5, 0.6) is 0 Å². The highest BCUT2D eigenvalue weighted by molar-refractivity contribution is 7.52. The van der Waals surface area contributed by atoms with E-state index in [9.17, 15) is 14.4 Å². The molecule has 0 aromatic heterocycles. The standard InChI is InChI=1S/C10H15O3P/c1-2-6-10(14(11,12)13)9-7-4-3-5-8-9/h3-5,7-8,10H,2,6H2,1H3,(H2,11,12,13)/t10-/m1/s1. The highest BCUT2D eigenvalue weighted by atomic mass is 31.2. The van der Waals surface area contributed by atoms with E-state index in [0.717, 1.165) is 12.0 Å². The number of hydrogen-bond donors (Lipinski definition) is 2. The van der Waals surface area contributed by atoms with Crippen LogP contribution in [0.15, 0.2) is 30.3 Å². The molecule has 0 aliphatic carbocycles. The average molecular weight is 214 g/mol. The van der Waals surface area contributed by atoms with Crippen LogP contribution in [-0.2, 0) is 4.57 Å². The first kappa shape index (κ1) is 11.4. The molecule has 0 bridgehead atoms. The molecule has 0 heterocycles. The zero-order valence-corrected chi connectivity index (χ0v) is 9.02. The minimum Gasteiger partial charge on any atom is -0.324 e. The molecule has 0 saturated carbocycles. The Labute approximate surface area is 83.9 Å². The van der Waals surface area contributed by atoms with Crippen molar-refractivity contribution >= 4 is 7.60 Å². The van der Waals surface area contributed by atoms with Crippen LogP contribution in [0.4, 0.5) is 0 Å². The van der Waals surface area contributed by atoms with Crippen molar-refractivity contribution in [1.82, 2.24) is 0 Å². The van der Waals surface area contributed by atoms with E-state index in [0.29, 0.717) is 6.42 Å². The molecule has 0 fully saturated rings. The topological polar surface area (TPSA) is 57.5 Å². The summed E-state index contributed by atoms with van der Waals surface area (Å²) in [5.74, 6) is 0. The van der Waals surface area contributed by atoms with Crippen molar-refractivity contribution in [2.75, 3.05) is 0 Å². The van der Waals surface area contributed by atoms with Crippen LogP contribution in [-0.4, -0.2) is 9.79 Å². The number of hydrogen-bond acceptors (Lipinski definition) is 1. The highest BCUT2D eigenvalue weighted by Crippen LogP contribution is 2.53. The molecule has 78 valence electrons. The molecule has 0 unspecified atom stereocenters. The third-order valence-corrected chi connectivity index (χ3v) is 3.52. The molecule has 3 nitrogen and oxygen atoms in total. The summed E-state index contributed by atoms with van der Waals surface area (Å²) in [6, 6.07) is 8.96. The van der Waals surface area contributed by atoms with Crippen LogP contribution in [0.25, 0.3) is 0 Å². The quantitative estimate of drug-likeness (QED) is 0.757. The lowest BCUT2D eigenvalue weighted by atomic mass is 10.1. The van der Waals surface area contributed by atoms with Gasteiger partial charge in [-0.05, 0) is 12.0 Å². The zero-order chi connectivity index (χ0) is 10.6. The van der Waals surface area contributed by atoms with Crippen molar-refractivity contribution in [3.05, 3.63) is 35.9 Å². The lowest BCUT2D eigenvalue weighted by Crippen LogP contribution is -1.99. The van der Waals surface area contributed by atoms with Crippen molar-refractivity contribution < 1.29 is 14.4 Å². The smallest absolute Gasteiger partial charge is 0.324 e. The molecule has 14 heavy (non-hydrogen) atoms. The molecule has 0 aliphatic rings. The molecule has 2 N–H and O–H groups in total. The van der Waals surface area contributed by atoms with E-state index < -0.39 is 13.3 Å². The third-order valence-electron chi connectivity index (χ3n) is 2.15. The first-order valence-corrected chi connectivity index (χ1v) is 6.34. The van der Waals surface area contributed by atoms with Gasteiger partial charge in [-0.1, -0.05) is 43.7 Å². The van der Waals surface area contributed by atoms with E-state index in [1.165, 1.54) is 0 Å². The molecule has 1 aromatic rings. The lowest BCUT2D eigenvalue weighted by Gasteiger charge is -2.17. The van der Waals surface area contributed by atoms with Gasteiger partial charge in [0.1, 0.15) is 0 Å². The normalized spacial score (nSPS) is 13.9. The van der Waals surface area contributed by atoms with Gasteiger partial charge in [0.25, 0.3) is 0 Å². The third kappa shape index (κ3) is 2.95. The highest BCUT2D eigenvalue weighted by Gasteiger charge is 2.28. The molecular formula is C10H15O3P. The summed E-state index contributed by atoms with van der Waals surface area (Å²) in [5, 5.41) is 0. The van der Waals surface area contributed by atoms with Crippen molar-refractivity contribution in [2.45, 2.75) is 25.4 Å². The lowest BCUT2D eigenvalue weighted by molar-refractivity contribution is 0.355. The van der Waals surface area contributed by atoms with Crippen LogP contribution in [0.1, 0.15) is 31.0 Å². The maximum atomic E-state index is 11.2. The summed E-state index contributed by atoms with van der Waals surface area (Å²) < 4.78 is 11.2. The fourth-order valence-electron chi connectivity index (χ4n) is 1.48. The molecule has 0 radical (unpaired) electrons. The summed E-state index contributed by atoms with van der Waals surface area (Å²) in [6.45, 7) is 1.92. The summed E-state index contributed by atoms with van der Waals surface area (Å²) >= 11 is 0. The van der Waals surface area contributed by atoms with Crippen LogP contribution >= 0.6 is 7.60 Å². The average Bonchev–Trinajstić information content (AvgIpc) is 2.14. The van der Waals surface area contributed by atoms with Gasteiger partial charge in [-0.15, -0.1) is 0 Å². The predicted molar refractivity (Wildman–Crippen MR) is 56.1 cm³/mol. The van der Waals surface area contributed by atoms with Crippen LogP contribution < -0.4 is 0 Å². The Balaban J connectivity index is 2.95. The van der Waals surface area contributed by atoms with Crippen LogP contribution in [0.3, 0.4) is 0 Å². The Kier molecular flexibility index (Phi) is 3.87. The van der Waals surface area contributed by atoms with Crippen molar-refractivity contribution in [2.24, 2.45) is 0 Å². The Bertz CT molecular complexity index is 317. The molecule has 0 saturated heterocycles.